The van der Waals surface area contributed by atoms with Crippen molar-refractivity contribution in [3.05, 3.63) is 59.4 Å². The first-order valence-electron chi connectivity index (χ1n) is 6.96. The minimum atomic E-state index is -2.22. The molecule has 1 heterocycles. The molecule has 1 N–H and O–H groups in total. The maximum atomic E-state index is 13.5. The van der Waals surface area contributed by atoms with Crippen molar-refractivity contribution in [2.45, 2.75) is 18.2 Å². The highest BCUT2D eigenvalue weighted by atomic mass is 32.2. The largest absolute Gasteiger partial charge is 0.772 e. The highest BCUT2D eigenvalue weighted by Gasteiger charge is 2.21. The lowest BCUT2D eigenvalue weighted by atomic mass is 10.00. The molecular formula is C16H15FNO3S-. The summed E-state index contributed by atoms with van der Waals surface area (Å²) in [5.41, 5.74) is 2.05. The summed E-state index contributed by atoms with van der Waals surface area (Å²) in [5.74, 6) is 0.257. The van der Waals surface area contributed by atoms with Crippen molar-refractivity contribution in [2.75, 3.05) is 11.9 Å². The van der Waals surface area contributed by atoms with E-state index in [0.29, 0.717) is 17.9 Å². The Kier molecular flexibility index (Phi) is 4.40. The van der Waals surface area contributed by atoms with Gasteiger partial charge in [0.05, 0.1) is 12.6 Å². The van der Waals surface area contributed by atoms with Crippen LogP contribution in [0.3, 0.4) is 0 Å². The Balaban J connectivity index is 1.90. The number of nitrogens with one attached hydrogen (secondary N) is 1. The third-order valence-corrected chi connectivity index (χ3v) is 4.18. The topological polar surface area (TPSA) is 61.4 Å². The standard InChI is InChI=1S/C16H16FNO3S/c17-12-6-5-11(10-22(19)20)15(9-12)18-14-7-8-21-16-4-2-1-3-13(14)16/h1-6,9,14,18H,7-8,10H2,(H,19,20)/p-1. The average Bonchev–Trinajstić information content (AvgIpc) is 2.50. The molecule has 0 bridgehead atoms. The van der Waals surface area contributed by atoms with Gasteiger partial charge in [0, 0.05) is 23.4 Å². The fourth-order valence-corrected chi connectivity index (χ4v) is 3.12. The van der Waals surface area contributed by atoms with Crippen LogP contribution in [0.2, 0.25) is 0 Å². The summed E-state index contributed by atoms with van der Waals surface area (Å²) in [6, 6.07) is 11.7. The lowest BCUT2D eigenvalue weighted by Crippen LogP contribution is -2.21. The third kappa shape index (κ3) is 3.28. The van der Waals surface area contributed by atoms with E-state index in [4.69, 9.17) is 4.74 Å². The van der Waals surface area contributed by atoms with Gasteiger partial charge in [-0.05, 0) is 23.8 Å². The third-order valence-electron chi connectivity index (χ3n) is 3.63. The first kappa shape index (κ1) is 15.0. The van der Waals surface area contributed by atoms with E-state index in [1.165, 1.54) is 18.2 Å². The Bertz CT molecular complexity index is 708. The molecule has 2 aromatic rings. The maximum absolute atomic E-state index is 13.5. The van der Waals surface area contributed by atoms with Crippen LogP contribution in [-0.2, 0) is 16.8 Å². The minimum absolute atomic E-state index is 0.0365. The van der Waals surface area contributed by atoms with Gasteiger partial charge in [0.2, 0.25) is 0 Å². The Labute approximate surface area is 130 Å². The predicted molar refractivity (Wildman–Crippen MR) is 81.9 cm³/mol. The van der Waals surface area contributed by atoms with Crippen molar-refractivity contribution in [3.63, 3.8) is 0 Å². The van der Waals surface area contributed by atoms with Crippen molar-refractivity contribution in [3.8, 4) is 5.75 Å². The van der Waals surface area contributed by atoms with E-state index >= 15 is 0 Å². The van der Waals surface area contributed by atoms with Crippen molar-refractivity contribution in [1.82, 2.24) is 0 Å². The fourth-order valence-electron chi connectivity index (χ4n) is 2.62. The highest BCUT2D eigenvalue weighted by molar-refractivity contribution is 7.78. The second-order valence-corrected chi connectivity index (χ2v) is 6.02. The van der Waals surface area contributed by atoms with Crippen LogP contribution in [0.4, 0.5) is 10.1 Å². The zero-order valence-corrected chi connectivity index (χ0v) is 12.6. The summed E-state index contributed by atoms with van der Waals surface area (Å²) in [7, 11) is 0. The van der Waals surface area contributed by atoms with E-state index in [1.807, 2.05) is 24.3 Å². The second-order valence-electron chi connectivity index (χ2n) is 5.12. The molecule has 0 spiro atoms. The molecule has 0 amide bonds. The normalized spacial score (nSPS) is 18.2. The van der Waals surface area contributed by atoms with E-state index in [9.17, 15) is 13.2 Å². The number of anilines is 1. The van der Waals surface area contributed by atoms with Crippen molar-refractivity contribution in [2.24, 2.45) is 0 Å². The molecule has 1 aliphatic rings. The van der Waals surface area contributed by atoms with Gasteiger partial charge >= 0.3 is 0 Å². The lowest BCUT2D eigenvalue weighted by Gasteiger charge is -2.28. The number of hydrogen-bond donors (Lipinski definition) is 1. The first-order valence-corrected chi connectivity index (χ1v) is 8.20. The Hall–Kier alpha value is -1.92. The molecule has 4 nitrogen and oxygen atoms in total. The summed E-state index contributed by atoms with van der Waals surface area (Å²) in [6.07, 6.45) is 0.730. The van der Waals surface area contributed by atoms with Gasteiger partial charge in [0.25, 0.3) is 0 Å². The molecule has 2 unspecified atom stereocenters. The van der Waals surface area contributed by atoms with Gasteiger partial charge in [-0.15, -0.1) is 0 Å². The molecule has 0 aromatic heterocycles. The summed E-state index contributed by atoms with van der Waals surface area (Å²) in [6.45, 7) is 0.562. The SMILES string of the molecule is O=S([O-])Cc1ccc(F)cc1NC1CCOc2ccccc21. The van der Waals surface area contributed by atoms with E-state index in [2.05, 4.69) is 5.32 Å². The molecule has 22 heavy (non-hydrogen) atoms. The van der Waals surface area contributed by atoms with Gasteiger partial charge in [-0.25, -0.2) is 4.39 Å². The monoisotopic (exact) mass is 320 g/mol. The molecule has 116 valence electrons. The number of benzene rings is 2. The molecule has 1 aliphatic heterocycles. The van der Waals surface area contributed by atoms with Gasteiger partial charge in [-0.3, -0.25) is 4.21 Å². The van der Waals surface area contributed by atoms with Gasteiger partial charge in [-0.1, -0.05) is 35.3 Å². The van der Waals surface area contributed by atoms with Crippen molar-refractivity contribution >= 4 is 16.8 Å². The molecular weight excluding hydrogens is 305 g/mol. The van der Waals surface area contributed by atoms with Gasteiger partial charge in [0.1, 0.15) is 11.6 Å². The number of ether oxygens (including phenoxy) is 1. The Morgan fingerprint density at radius 2 is 2.14 bits per heavy atom. The van der Waals surface area contributed by atoms with Crippen LogP contribution in [-0.4, -0.2) is 15.4 Å². The average molecular weight is 320 g/mol. The predicted octanol–water partition coefficient (Wildman–Crippen LogP) is 3.14. The maximum Gasteiger partial charge on any atom is 0.125 e. The summed E-state index contributed by atoms with van der Waals surface area (Å²) >= 11 is -2.22. The molecule has 0 fully saturated rings. The fraction of sp³-hybridized carbons (Fsp3) is 0.250. The smallest absolute Gasteiger partial charge is 0.125 e. The Morgan fingerprint density at radius 3 is 2.95 bits per heavy atom. The van der Waals surface area contributed by atoms with E-state index in [0.717, 1.165) is 17.7 Å². The van der Waals surface area contributed by atoms with Crippen LogP contribution in [0, 0.1) is 5.82 Å². The number of fused-ring (bicyclic) bond motifs is 1. The molecule has 6 heteroatoms. The number of hydrogen-bond acceptors (Lipinski definition) is 4. The van der Waals surface area contributed by atoms with Crippen LogP contribution < -0.4 is 10.1 Å². The quantitative estimate of drug-likeness (QED) is 0.879. The highest BCUT2D eigenvalue weighted by Crippen LogP contribution is 2.35. The number of para-hydroxylation sites is 1. The Morgan fingerprint density at radius 1 is 1.32 bits per heavy atom. The summed E-state index contributed by atoms with van der Waals surface area (Å²) in [4.78, 5) is 0. The molecule has 0 radical (unpaired) electrons. The minimum Gasteiger partial charge on any atom is -0.772 e. The molecule has 2 atom stereocenters. The van der Waals surface area contributed by atoms with Gasteiger partial charge in [-0.2, -0.15) is 0 Å². The van der Waals surface area contributed by atoms with Gasteiger partial charge < -0.3 is 14.6 Å². The molecule has 3 rings (SSSR count). The van der Waals surface area contributed by atoms with Crippen molar-refractivity contribution in [1.29, 1.82) is 0 Å². The first-order chi connectivity index (χ1) is 10.6. The van der Waals surface area contributed by atoms with E-state index < -0.39 is 16.9 Å². The van der Waals surface area contributed by atoms with E-state index in [1.54, 1.807) is 0 Å². The zero-order valence-electron chi connectivity index (χ0n) is 11.8. The molecule has 0 saturated carbocycles. The summed E-state index contributed by atoms with van der Waals surface area (Å²) in [5, 5.41) is 3.26. The van der Waals surface area contributed by atoms with Crippen LogP contribution in [0.25, 0.3) is 0 Å². The van der Waals surface area contributed by atoms with Gasteiger partial charge in [0.15, 0.2) is 0 Å². The molecule has 0 saturated heterocycles. The second kappa shape index (κ2) is 6.46. The van der Waals surface area contributed by atoms with E-state index in [-0.39, 0.29) is 11.8 Å². The van der Waals surface area contributed by atoms with Crippen LogP contribution >= 0.6 is 0 Å². The molecule has 0 aliphatic carbocycles. The van der Waals surface area contributed by atoms with Crippen LogP contribution in [0.15, 0.2) is 42.5 Å². The van der Waals surface area contributed by atoms with Crippen molar-refractivity contribution < 1.29 is 17.9 Å². The number of halogens is 1. The number of rotatable bonds is 4. The van der Waals surface area contributed by atoms with Crippen LogP contribution in [0.1, 0.15) is 23.6 Å². The van der Waals surface area contributed by atoms with Crippen LogP contribution in [0.5, 0.6) is 5.75 Å². The summed E-state index contributed by atoms with van der Waals surface area (Å²) < 4.78 is 41.0. The lowest BCUT2D eigenvalue weighted by molar-refractivity contribution is 0.274. The zero-order chi connectivity index (χ0) is 15.5. The molecule has 2 aromatic carbocycles.